The summed E-state index contributed by atoms with van der Waals surface area (Å²) in [5.74, 6) is 0.619. The number of nitrogens with one attached hydrogen (secondary N) is 1. The highest BCUT2D eigenvalue weighted by atomic mass is 32.2. The third-order valence-corrected chi connectivity index (χ3v) is 5.43. The standard InChI is InChI=1S/C18H27NO3S/c1-3-4-5-6-16-9-11-17(12-10-16)19-22-23(20,21)18-13-7-15(2)8-14-18/h5-8,13-14,16-17,19H,3-4,9-12H2,1-2H3/b6-5-. The maximum Gasteiger partial charge on any atom is 0.312 e. The number of rotatable bonds is 7. The lowest BCUT2D eigenvalue weighted by Crippen LogP contribution is -2.34. The zero-order valence-corrected chi connectivity index (χ0v) is 14.8. The van der Waals surface area contributed by atoms with Crippen molar-refractivity contribution in [3.63, 3.8) is 0 Å². The molecule has 0 radical (unpaired) electrons. The van der Waals surface area contributed by atoms with Crippen LogP contribution in [0.4, 0.5) is 0 Å². The van der Waals surface area contributed by atoms with Gasteiger partial charge in [-0.05, 0) is 57.1 Å². The molecule has 1 fully saturated rings. The predicted octanol–water partition coefficient (Wildman–Crippen LogP) is 4.12. The van der Waals surface area contributed by atoms with Gasteiger partial charge in [-0.2, -0.15) is 18.2 Å². The molecular formula is C18H27NO3S. The van der Waals surface area contributed by atoms with E-state index in [1.54, 1.807) is 24.3 Å². The number of benzene rings is 1. The van der Waals surface area contributed by atoms with Gasteiger partial charge in [-0.25, -0.2) is 0 Å². The van der Waals surface area contributed by atoms with Crippen LogP contribution in [0.5, 0.6) is 0 Å². The van der Waals surface area contributed by atoms with Crippen LogP contribution in [-0.2, 0) is 14.4 Å². The summed E-state index contributed by atoms with van der Waals surface area (Å²) in [6.07, 6.45) is 10.9. The minimum absolute atomic E-state index is 0.103. The molecule has 0 aliphatic heterocycles. The second kappa shape index (κ2) is 8.62. The Balaban J connectivity index is 1.79. The van der Waals surface area contributed by atoms with Crippen LogP contribution in [0.15, 0.2) is 41.3 Å². The van der Waals surface area contributed by atoms with Gasteiger partial charge in [0.25, 0.3) is 0 Å². The molecule has 23 heavy (non-hydrogen) atoms. The second-order valence-corrected chi connectivity index (χ2v) is 7.84. The fourth-order valence-electron chi connectivity index (χ4n) is 2.77. The van der Waals surface area contributed by atoms with Crippen molar-refractivity contribution in [1.82, 2.24) is 5.48 Å². The van der Waals surface area contributed by atoms with Crippen molar-refractivity contribution >= 4 is 10.1 Å². The summed E-state index contributed by atoms with van der Waals surface area (Å²) in [6.45, 7) is 4.10. The van der Waals surface area contributed by atoms with Crippen molar-refractivity contribution in [2.24, 2.45) is 5.92 Å². The molecular weight excluding hydrogens is 310 g/mol. The first-order valence-corrected chi connectivity index (χ1v) is 9.84. The minimum atomic E-state index is -3.73. The zero-order valence-electron chi connectivity index (χ0n) is 14.0. The average molecular weight is 337 g/mol. The highest BCUT2D eigenvalue weighted by Gasteiger charge is 2.22. The molecule has 1 aromatic rings. The highest BCUT2D eigenvalue weighted by molar-refractivity contribution is 7.86. The zero-order chi connectivity index (χ0) is 16.7. The van der Waals surface area contributed by atoms with Gasteiger partial charge in [-0.1, -0.05) is 43.2 Å². The lowest BCUT2D eigenvalue weighted by molar-refractivity contribution is 0.133. The van der Waals surface area contributed by atoms with Gasteiger partial charge in [0.15, 0.2) is 0 Å². The van der Waals surface area contributed by atoms with Crippen LogP contribution in [0.25, 0.3) is 0 Å². The van der Waals surface area contributed by atoms with Crippen LogP contribution in [0.3, 0.4) is 0 Å². The molecule has 0 atom stereocenters. The molecule has 1 N–H and O–H groups in total. The van der Waals surface area contributed by atoms with Gasteiger partial charge in [-0.3, -0.25) is 0 Å². The number of allylic oxidation sites excluding steroid dienone is 2. The van der Waals surface area contributed by atoms with Gasteiger partial charge in [-0.15, -0.1) is 0 Å². The molecule has 5 heteroatoms. The Kier molecular flexibility index (Phi) is 6.81. The molecule has 0 aromatic heterocycles. The van der Waals surface area contributed by atoms with E-state index in [9.17, 15) is 8.42 Å². The summed E-state index contributed by atoms with van der Waals surface area (Å²) < 4.78 is 29.3. The molecule has 0 amide bonds. The largest absolute Gasteiger partial charge is 0.312 e. The molecule has 4 nitrogen and oxygen atoms in total. The summed E-state index contributed by atoms with van der Waals surface area (Å²) in [7, 11) is -3.73. The van der Waals surface area contributed by atoms with Gasteiger partial charge in [0, 0.05) is 6.04 Å². The summed E-state index contributed by atoms with van der Waals surface area (Å²) in [6, 6.07) is 6.78. The van der Waals surface area contributed by atoms with Crippen LogP contribution < -0.4 is 5.48 Å². The maximum atomic E-state index is 12.1. The molecule has 0 bridgehead atoms. The lowest BCUT2D eigenvalue weighted by Gasteiger charge is -2.26. The summed E-state index contributed by atoms with van der Waals surface area (Å²) in [4.78, 5) is 0.187. The molecule has 0 spiro atoms. The second-order valence-electron chi connectivity index (χ2n) is 6.30. The third-order valence-electron chi connectivity index (χ3n) is 4.27. The van der Waals surface area contributed by atoms with E-state index in [1.807, 2.05) is 6.92 Å². The summed E-state index contributed by atoms with van der Waals surface area (Å²) in [5, 5.41) is 0. The van der Waals surface area contributed by atoms with E-state index < -0.39 is 10.1 Å². The quantitative estimate of drug-likeness (QED) is 0.601. The number of hydroxylamine groups is 1. The van der Waals surface area contributed by atoms with Gasteiger partial charge in [0.2, 0.25) is 0 Å². The van der Waals surface area contributed by atoms with Gasteiger partial charge in [0.1, 0.15) is 0 Å². The SMILES string of the molecule is CCC/C=C\C1CCC(NOS(=O)(=O)c2ccc(C)cc2)CC1. The molecule has 0 unspecified atom stereocenters. The van der Waals surface area contributed by atoms with E-state index in [2.05, 4.69) is 24.6 Å². The molecule has 128 valence electrons. The molecule has 1 aliphatic carbocycles. The highest BCUT2D eigenvalue weighted by Crippen LogP contribution is 2.26. The van der Waals surface area contributed by atoms with Crippen molar-refractivity contribution in [3.8, 4) is 0 Å². The Morgan fingerprint density at radius 3 is 2.43 bits per heavy atom. The third kappa shape index (κ3) is 5.75. The number of hydrogen-bond acceptors (Lipinski definition) is 4. The van der Waals surface area contributed by atoms with Crippen LogP contribution in [-0.4, -0.2) is 14.5 Å². The smallest absolute Gasteiger partial charge is 0.192 e. The monoisotopic (exact) mass is 337 g/mol. The molecule has 1 aliphatic rings. The Morgan fingerprint density at radius 1 is 1.17 bits per heavy atom. The van der Waals surface area contributed by atoms with E-state index in [1.165, 1.54) is 6.42 Å². The number of aryl methyl sites for hydroxylation is 1. The topological polar surface area (TPSA) is 55.4 Å². The van der Waals surface area contributed by atoms with Gasteiger partial charge in [0.05, 0.1) is 4.90 Å². The van der Waals surface area contributed by atoms with E-state index in [4.69, 9.17) is 4.28 Å². The Hall–Kier alpha value is -1.17. The first-order valence-electron chi connectivity index (χ1n) is 8.43. The maximum absolute atomic E-state index is 12.1. The normalized spacial score (nSPS) is 22.5. The van der Waals surface area contributed by atoms with E-state index >= 15 is 0 Å². The van der Waals surface area contributed by atoms with Crippen molar-refractivity contribution in [2.45, 2.75) is 63.3 Å². The average Bonchev–Trinajstić information content (AvgIpc) is 2.55. The molecule has 1 saturated carbocycles. The Labute approximate surface area is 140 Å². The van der Waals surface area contributed by atoms with Crippen molar-refractivity contribution in [2.75, 3.05) is 0 Å². The van der Waals surface area contributed by atoms with Crippen LogP contribution in [0.1, 0.15) is 51.0 Å². The van der Waals surface area contributed by atoms with Crippen LogP contribution >= 0.6 is 0 Å². The van der Waals surface area contributed by atoms with E-state index in [-0.39, 0.29) is 10.9 Å². The van der Waals surface area contributed by atoms with Crippen molar-refractivity contribution in [1.29, 1.82) is 0 Å². The van der Waals surface area contributed by atoms with Gasteiger partial charge < -0.3 is 0 Å². The first kappa shape index (κ1) is 18.2. The first-order chi connectivity index (χ1) is 11.0. The number of unbranched alkanes of at least 4 members (excludes halogenated alkanes) is 1. The summed E-state index contributed by atoms with van der Waals surface area (Å²) >= 11 is 0. The van der Waals surface area contributed by atoms with Gasteiger partial charge >= 0.3 is 10.1 Å². The van der Waals surface area contributed by atoms with Crippen molar-refractivity contribution in [3.05, 3.63) is 42.0 Å². The summed E-state index contributed by atoms with van der Waals surface area (Å²) in [5.41, 5.74) is 3.77. The Morgan fingerprint density at radius 2 is 1.83 bits per heavy atom. The lowest BCUT2D eigenvalue weighted by atomic mass is 9.86. The van der Waals surface area contributed by atoms with Crippen LogP contribution in [0, 0.1) is 12.8 Å². The molecule has 0 heterocycles. The van der Waals surface area contributed by atoms with Crippen molar-refractivity contribution < 1.29 is 12.7 Å². The predicted molar refractivity (Wildman–Crippen MR) is 92.4 cm³/mol. The fourth-order valence-corrected chi connectivity index (χ4v) is 3.60. The fraction of sp³-hybridized carbons (Fsp3) is 0.556. The van der Waals surface area contributed by atoms with E-state index in [0.29, 0.717) is 5.92 Å². The number of hydrogen-bond donors (Lipinski definition) is 1. The molecule has 1 aromatic carbocycles. The molecule has 0 saturated heterocycles. The van der Waals surface area contributed by atoms with E-state index in [0.717, 1.165) is 37.7 Å². The molecule has 2 rings (SSSR count). The minimum Gasteiger partial charge on any atom is -0.192 e. The van der Waals surface area contributed by atoms with Crippen LogP contribution in [0.2, 0.25) is 0 Å². The Bertz CT molecular complexity index is 600.